The molecule has 0 aromatic heterocycles. The van der Waals surface area contributed by atoms with E-state index in [0.717, 1.165) is 34.1 Å². The first kappa shape index (κ1) is 14.9. The lowest BCUT2D eigenvalue weighted by Crippen LogP contribution is -2.33. The molecule has 0 unspecified atom stereocenters. The summed E-state index contributed by atoms with van der Waals surface area (Å²) in [6.45, 7) is 0. The molecule has 0 amide bonds. The molecule has 0 atom stereocenters. The van der Waals surface area contributed by atoms with Gasteiger partial charge in [0.1, 0.15) is 17.1 Å². The molecule has 4 nitrogen and oxygen atoms in total. The summed E-state index contributed by atoms with van der Waals surface area (Å²) >= 11 is 0. The Morgan fingerprint density at radius 2 is 0.696 bits per heavy atom. The predicted molar refractivity (Wildman–Crippen MR) is 99.6 cm³/mol. The zero-order chi connectivity index (χ0) is 16.4. The van der Waals surface area contributed by atoms with Gasteiger partial charge in [-0.1, -0.05) is 0 Å². The molecule has 6 N–H and O–H groups in total. The van der Waals surface area contributed by atoms with E-state index in [-0.39, 0.29) is 0 Å². The smallest absolute Gasteiger partial charge is 0.142 e. The second-order valence-corrected chi connectivity index (χ2v) is 5.78. The van der Waals surface area contributed by atoms with Crippen LogP contribution in [0.3, 0.4) is 0 Å². The number of hydrogen-bond acceptors (Lipinski definition) is 3. The van der Waals surface area contributed by atoms with Crippen molar-refractivity contribution in [2.24, 2.45) is 0 Å². The summed E-state index contributed by atoms with van der Waals surface area (Å²) in [6.07, 6.45) is 0. The summed E-state index contributed by atoms with van der Waals surface area (Å²) in [4.78, 5) is 0. The monoisotopic (exact) mass is 305 g/mol. The van der Waals surface area contributed by atoms with E-state index in [1.165, 1.54) is 0 Å². The molecule has 0 heterocycles. The number of benzene rings is 3. The quantitative estimate of drug-likeness (QED) is 0.505. The molecule has 3 aromatic rings. The largest absolute Gasteiger partial charge is 0.399 e. The number of nitrogens with zero attached hydrogens (tertiary/aromatic N) is 1. The fraction of sp³-hybridized carbons (Fsp3) is 0.0526. The van der Waals surface area contributed by atoms with Crippen LogP contribution in [0.4, 0.5) is 34.1 Å². The Labute approximate surface area is 136 Å². The van der Waals surface area contributed by atoms with Crippen molar-refractivity contribution in [3.8, 4) is 0 Å². The molecule has 0 radical (unpaired) electrons. The molecule has 4 heteroatoms. The molecular weight excluding hydrogens is 284 g/mol. The standard InChI is InChI=1S/C19H21N4/c1-23(17-8-2-14(20)3-9-17,18-10-4-15(21)5-11-18)19-12-6-16(22)7-13-19/h2-13H,20-22H2,1H3/q+1. The molecule has 3 rings (SSSR count). The lowest BCUT2D eigenvalue weighted by atomic mass is 10.1. The fourth-order valence-corrected chi connectivity index (χ4v) is 2.76. The van der Waals surface area contributed by atoms with Gasteiger partial charge in [-0.25, -0.2) is 4.48 Å². The summed E-state index contributed by atoms with van der Waals surface area (Å²) in [5, 5.41) is 0. The van der Waals surface area contributed by atoms with Gasteiger partial charge >= 0.3 is 0 Å². The van der Waals surface area contributed by atoms with Crippen LogP contribution >= 0.6 is 0 Å². The molecule has 116 valence electrons. The minimum atomic E-state index is 0.501. The third kappa shape index (κ3) is 2.72. The van der Waals surface area contributed by atoms with E-state index in [1.54, 1.807) is 0 Å². The van der Waals surface area contributed by atoms with E-state index in [1.807, 2.05) is 72.8 Å². The van der Waals surface area contributed by atoms with E-state index in [0.29, 0.717) is 4.48 Å². The van der Waals surface area contributed by atoms with E-state index in [2.05, 4.69) is 7.05 Å². The maximum atomic E-state index is 5.85. The van der Waals surface area contributed by atoms with Crippen LogP contribution in [0.2, 0.25) is 0 Å². The van der Waals surface area contributed by atoms with Crippen molar-refractivity contribution in [3.63, 3.8) is 0 Å². The third-order valence-electron chi connectivity index (χ3n) is 4.23. The first-order chi connectivity index (χ1) is 11.0. The van der Waals surface area contributed by atoms with Crippen molar-refractivity contribution in [1.29, 1.82) is 0 Å². The lowest BCUT2D eigenvalue weighted by molar-refractivity contribution is 0.628. The van der Waals surface area contributed by atoms with Gasteiger partial charge in [0.25, 0.3) is 0 Å². The van der Waals surface area contributed by atoms with Crippen LogP contribution in [-0.4, -0.2) is 7.05 Å². The first-order valence-electron chi connectivity index (χ1n) is 7.45. The van der Waals surface area contributed by atoms with Crippen molar-refractivity contribution in [2.75, 3.05) is 24.2 Å². The molecule has 0 spiro atoms. The van der Waals surface area contributed by atoms with Crippen molar-refractivity contribution in [3.05, 3.63) is 72.8 Å². The maximum Gasteiger partial charge on any atom is 0.142 e. The number of rotatable bonds is 3. The normalized spacial score (nSPS) is 11.3. The molecule has 0 aliphatic rings. The number of anilines is 3. The van der Waals surface area contributed by atoms with Gasteiger partial charge in [0.15, 0.2) is 0 Å². The molecule has 0 saturated carbocycles. The Bertz CT molecular complexity index is 679. The lowest BCUT2D eigenvalue weighted by Gasteiger charge is -2.33. The number of hydrogen-bond donors (Lipinski definition) is 3. The molecule has 23 heavy (non-hydrogen) atoms. The van der Waals surface area contributed by atoms with Gasteiger partial charge in [-0.15, -0.1) is 0 Å². The van der Waals surface area contributed by atoms with Gasteiger partial charge in [0.2, 0.25) is 0 Å². The molecule has 0 saturated heterocycles. The van der Waals surface area contributed by atoms with Gasteiger partial charge in [0.05, 0.1) is 7.05 Å². The topological polar surface area (TPSA) is 78.1 Å². The molecular formula is C19H21N4+. The number of nitrogens with two attached hydrogens (primary N) is 3. The molecule has 0 aliphatic carbocycles. The van der Waals surface area contributed by atoms with E-state index >= 15 is 0 Å². The zero-order valence-corrected chi connectivity index (χ0v) is 13.1. The molecule has 0 aliphatic heterocycles. The van der Waals surface area contributed by atoms with Crippen LogP contribution in [0.1, 0.15) is 0 Å². The van der Waals surface area contributed by atoms with Gasteiger partial charge in [0, 0.05) is 53.5 Å². The Morgan fingerprint density at radius 3 is 0.913 bits per heavy atom. The van der Waals surface area contributed by atoms with E-state index in [4.69, 9.17) is 17.2 Å². The predicted octanol–water partition coefficient (Wildman–Crippen LogP) is 4.03. The molecule has 0 bridgehead atoms. The first-order valence-corrected chi connectivity index (χ1v) is 7.45. The summed E-state index contributed by atoms with van der Waals surface area (Å²) in [5.41, 5.74) is 23.1. The van der Waals surface area contributed by atoms with Crippen LogP contribution in [0.15, 0.2) is 72.8 Å². The highest BCUT2D eigenvalue weighted by atomic mass is 15.3. The zero-order valence-electron chi connectivity index (χ0n) is 13.1. The average molecular weight is 305 g/mol. The SMILES string of the molecule is C[N+](c1ccc(N)cc1)(c1ccc(N)cc1)c1ccc(N)cc1. The van der Waals surface area contributed by atoms with Gasteiger partial charge in [-0.2, -0.15) is 0 Å². The van der Waals surface area contributed by atoms with E-state index in [9.17, 15) is 0 Å². The Balaban J connectivity index is 2.21. The van der Waals surface area contributed by atoms with Crippen LogP contribution < -0.4 is 21.7 Å². The Kier molecular flexibility index (Phi) is 3.68. The van der Waals surface area contributed by atoms with Crippen LogP contribution in [0.25, 0.3) is 0 Å². The van der Waals surface area contributed by atoms with Gasteiger partial charge in [-0.05, 0) is 36.4 Å². The van der Waals surface area contributed by atoms with Crippen molar-refractivity contribution in [1.82, 2.24) is 4.48 Å². The minimum absolute atomic E-state index is 0.501. The Morgan fingerprint density at radius 1 is 0.478 bits per heavy atom. The van der Waals surface area contributed by atoms with Gasteiger partial charge < -0.3 is 17.2 Å². The van der Waals surface area contributed by atoms with Crippen LogP contribution in [0, 0.1) is 0 Å². The van der Waals surface area contributed by atoms with Gasteiger partial charge in [-0.3, -0.25) is 0 Å². The molecule has 3 aromatic carbocycles. The summed E-state index contributed by atoms with van der Waals surface area (Å²) in [6, 6.07) is 23.8. The van der Waals surface area contributed by atoms with Crippen molar-refractivity contribution in [2.45, 2.75) is 0 Å². The highest BCUT2D eigenvalue weighted by Crippen LogP contribution is 2.42. The maximum absolute atomic E-state index is 5.85. The summed E-state index contributed by atoms with van der Waals surface area (Å²) in [7, 11) is 2.14. The third-order valence-corrected chi connectivity index (χ3v) is 4.23. The average Bonchev–Trinajstić information content (AvgIpc) is 2.56. The van der Waals surface area contributed by atoms with E-state index < -0.39 is 0 Å². The second kappa shape index (κ2) is 5.66. The number of quaternary nitrogens is 1. The number of nitrogen functional groups attached to an aromatic ring is 3. The van der Waals surface area contributed by atoms with Crippen molar-refractivity contribution >= 4 is 34.1 Å². The van der Waals surface area contributed by atoms with Crippen LogP contribution in [0.5, 0.6) is 0 Å². The molecule has 0 fully saturated rings. The minimum Gasteiger partial charge on any atom is -0.399 e. The highest BCUT2D eigenvalue weighted by Gasteiger charge is 2.31. The second-order valence-electron chi connectivity index (χ2n) is 5.78. The van der Waals surface area contributed by atoms with Crippen molar-refractivity contribution < 1.29 is 0 Å². The summed E-state index contributed by atoms with van der Waals surface area (Å²) < 4.78 is 0.501. The Hall–Kier alpha value is -2.98. The summed E-state index contributed by atoms with van der Waals surface area (Å²) in [5.74, 6) is 0. The fourth-order valence-electron chi connectivity index (χ4n) is 2.76. The van der Waals surface area contributed by atoms with Crippen LogP contribution in [-0.2, 0) is 0 Å². The highest BCUT2D eigenvalue weighted by molar-refractivity contribution is 5.72.